The van der Waals surface area contributed by atoms with Crippen molar-refractivity contribution in [2.45, 2.75) is 19.3 Å². The quantitative estimate of drug-likeness (QED) is 0.799. The maximum Gasteiger partial charge on any atom is 0.318 e. The fourth-order valence-electron chi connectivity index (χ4n) is 2.72. The van der Waals surface area contributed by atoms with Crippen molar-refractivity contribution in [3.05, 3.63) is 35.9 Å². The van der Waals surface area contributed by atoms with E-state index in [0.29, 0.717) is 6.54 Å². The van der Waals surface area contributed by atoms with Crippen LogP contribution in [0, 0.1) is 5.92 Å². The van der Waals surface area contributed by atoms with Crippen LogP contribution in [-0.4, -0.2) is 42.3 Å². The Morgan fingerprint density at radius 2 is 1.77 bits per heavy atom. The number of ketones is 1. The first-order valence-electron chi connectivity index (χ1n) is 7.47. The minimum atomic E-state index is -0.822. The number of carbonyl (C=O) groups excluding carboxylic acids is 3. The van der Waals surface area contributed by atoms with Gasteiger partial charge in [-0.15, -0.1) is 0 Å². The van der Waals surface area contributed by atoms with Crippen LogP contribution in [0.3, 0.4) is 0 Å². The van der Waals surface area contributed by atoms with Gasteiger partial charge in [0.05, 0.1) is 0 Å². The number of nitrogens with two attached hydrogens (primary N) is 1. The lowest BCUT2D eigenvalue weighted by Crippen LogP contribution is -2.40. The Morgan fingerprint density at radius 3 is 2.36 bits per heavy atom. The average molecular weight is 303 g/mol. The maximum atomic E-state index is 12.4. The van der Waals surface area contributed by atoms with Crippen LogP contribution in [-0.2, 0) is 4.79 Å². The molecule has 1 aliphatic rings. The van der Waals surface area contributed by atoms with Gasteiger partial charge < -0.3 is 10.6 Å². The highest BCUT2D eigenvalue weighted by Crippen LogP contribution is 2.21. The summed E-state index contributed by atoms with van der Waals surface area (Å²) in [5.74, 6) is -0.111. The van der Waals surface area contributed by atoms with Crippen molar-refractivity contribution in [1.29, 1.82) is 0 Å². The predicted octanol–water partition coefficient (Wildman–Crippen LogP) is 1.17. The minimum Gasteiger partial charge on any atom is -0.351 e. The number of hydrogen-bond donors (Lipinski definition) is 2. The Bertz CT molecular complexity index is 537. The largest absolute Gasteiger partial charge is 0.351 e. The Kier molecular flexibility index (Phi) is 5.66. The van der Waals surface area contributed by atoms with Gasteiger partial charge in [-0.1, -0.05) is 30.3 Å². The number of rotatable bonds is 5. The monoisotopic (exact) mass is 303 g/mol. The van der Waals surface area contributed by atoms with Crippen LogP contribution in [0.2, 0.25) is 0 Å². The van der Waals surface area contributed by atoms with E-state index in [4.69, 9.17) is 5.73 Å². The molecule has 0 aromatic heterocycles. The number of imide groups is 1. The smallest absolute Gasteiger partial charge is 0.318 e. The zero-order valence-electron chi connectivity index (χ0n) is 12.5. The summed E-state index contributed by atoms with van der Waals surface area (Å²) in [6.45, 7) is 2.14. The molecular formula is C16H21N3O3. The molecule has 6 heteroatoms. The topological polar surface area (TPSA) is 92.5 Å². The van der Waals surface area contributed by atoms with E-state index >= 15 is 0 Å². The third-order valence-corrected chi connectivity index (χ3v) is 3.93. The second-order valence-corrected chi connectivity index (χ2v) is 5.51. The van der Waals surface area contributed by atoms with E-state index in [1.807, 2.05) is 30.3 Å². The summed E-state index contributed by atoms with van der Waals surface area (Å²) >= 11 is 0. The van der Waals surface area contributed by atoms with Gasteiger partial charge in [0.1, 0.15) is 0 Å². The lowest BCUT2D eigenvalue weighted by atomic mass is 9.89. The number of primary amides is 1. The number of amides is 3. The number of carbonyl (C=O) groups is 3. The molecule has 0 atom stereocenters. The van der Waals surface area contributed by atoms with Crippen molar-refractivity contribution in [3.63, 3.8) is 0 Å². The zero-order valence-corrected chi connectivity index (χ0v) is 12.5. The predicted molar refractivity (Wildman–Crippen MR) is 82.3 cm³/mol. The molecule has 118 valence electrons. The van der Waals surface area contributed by atoms with E-state index in [-0.39, 0.29) is 24.0 Å². The summed E-state index contributed by atoms with van der Waals surface area (Å²) < 4.78 is 0. The Labute approximate surface area is 129 Å². The van der Waals surface area contributed by atoms with Crippen LogP contribution in [0.5, 0.6) is 0 Å². The molecule has 2 rings (SSSR count). The van der Waals surface area contributed by atoms with Crippen LogP contribution in [0.25, 0.3) is 0 Å². The number of hydrogen-bond acceptors (Lipinski definition) is 4. The number of piperidine rings is 1. The van der Waals surface area contributed by atoms with Crippen molar-refractivity contribution in [1.82, 2.24) is 10.2 Å². The van der Waals surface area contributed by atoms with Gasteiger partial charge in [0.25, 0.3) is 0 Å². The highest BCUT2D eigenvalue weighted by atomic mass is 16.2. The van der Waals surface area contributed by atoms with Gasteiger partial charge in [-0.25, -0.2) is 4.79 Å². The van der Waals surface area contributed by atoms with Gasteiger partial charge in [0.15, 0.2) is 5.78 Å². The third-order valence-electron chi connectivity index (χ3n) is 3.93. The SMILES string of the molecule is NC(=O)NC(=O)CCN1CCC(C(=O)c2ccccc2)CC1. The summed E-state index contributed by atoms with van der Waals surface area (Å²) in [5.41, 5.74) is 5.65. The Morgan fingerprint density at radius 1 is 1.14 bits per heavy atom. The van der Waals surface area contributed by atoms with E-state index in [1.54, 1.807) is 0 Å². The van der Waals surface area contributed by atoms with E-state index < -0.39 is 6.03 Å². The molecule has 0 unspecified atom stereocenters. The maximum absolute atomic E-state index is 12.4. The summed E-state index contributed by atoms with van der Waals surface area (Å²) in [5, 5.41) is 2.05. The van der Waals surface area contributed by atoms with Crippen molar-refractivity contribution < 1.29 is 14.4 Å². The van der Waals surface area contributed by atoms with Crippen LogP contribution < -0.4 is 11.1 Å². The molecule has 1 aliphatic heterocycles. The molecule has 1 heterocycles. The van der Waals surface area contributed by atoms with Crippen molar-refractivity contribution in [3.8, 4) is 0 Å². The third kappa shape index (κ3) is 4.66. The van der Waals surface area contributed by atoms with E-state index in [9.17, 15) is 14.4 Å². The van der Waals surface area contributed by atoms with Crippen LogP contribution in [0.4, 0.5) is 4.79 Å². The number of nitrogens with one attached hydrogen (secondary N) is 1. The molecule has 0 bridgehead atoms. The lowest BCUT2D eigenvalue weighted by Gasteiger charge is -2.31. The van der Waals surface area contributed by atoms with Gasteiger partial charge in [0, 0.05) is 24.4 Å². The molecule has 1 fully saturated rings. The zero-order chi connectivity index (χ0) is 15.9. The van der Waals surface area contributed by atoms with Gasteiger partial charge in [-0.2, -0.15) is 0 Å². The highest BCUT2D eigenvalue weighted by Gasteiger charge is 2.25. The summed E-state index contributed by atoms with van der Waals surface area (Å²) in [4.78, 5) is 36.4. The van der Waals surface area contributed by atoms with Gasteiger partial charge in [-0.05, 0) is 25.9 Å². The van der Waals surface area contributed by atoms with Gasteiger partial charge in [-0.3, -0.25) is 14.9 Å². The van der Waals surface area contributed by atoms with E-state index in [2.05, 4.69) is 10.2 Å². The normalized spacial score (nSPS) is 16.2. The van der Waals surface area contributed by atoms with E-state index in [1.165, 1.54) is 0 Å². The molecule has 3 N–H and O–H groups in total. The number of benzene rings is 1. The van der Waals surface area contributed by atoms with Crippen LogP contribution >= 0.6 is 0 Å². The summed E-state index contributed by atoms with van der Waals surface area (Å²) in [7, 11) is 0. The molecule has 1 aromatic carbocycles. The minimum absolute atomic E-state index is 0.0538. The molecule has 0 saturated carbocycles. The fraction of sp³-hybridized carbons (Fsp3) is 0.438. The summed E-state index contributed by atoms with van der Waals surface area (Å²) in [6, 6.07) is 8.53. The second kappa shape index (κ2) is 7.70. The van der Waals surface area contributed by atoms with Crippen LogP contribution in [0.1, 0.15) is 29.6 Å². The lowest BCUT2D eigenvalue weighted by molar-refractivity contribution is -0.120. The summed E-state index contributed by atoms with van der Waals surface area (Å²) in [6.07, 6.45) is 1.83. The standard InChI is InChI=1S/C16H21N3O3/c17-16(22)18-14(20)8-11-19-9-6-13(7-10-19)15(21)12-4-2-1-3-5-12/h1-5,13H,6-11H2,(H3,17,18,20,22). The highest BCUT2D eigenvalue weighted by molar-refractivity contribution is 5.97. The molecule has 0 aliphatic carbocycles. The number of urea groups is 1. The molecular weight excluding hydrogens is 282 g/mol. The second-order valence-electron chi connectivity index (χ2n) is 5.51. The van der Waals surface area contributed by atoms with Crippen molar-refractivity contribution in [2.24, 2.45) is 11.7 Å². The fourth-order valence-corrected chi connectivity index (χ4v) is 2.72. The first-order chi connectivity index (χ1) is 10.6. The molecule has 0 spiro atoms. The number of nitrogens with zero attached hydrogens (tertiary/aromatic N) is 1. The molecule has 3 amide bonds. The Hall–Kier alpha value is -2.21. The molecule has 0 radical (unpaired) electrons. The van der Waals surface area contributed by atoms with Gasteiger partial charge in [0.2, 0.25) is 5.91 Å². The first-order valence-corrected chi connectivity index (χ1v) is 7.47. The Balaban J connectivity index is 1.75. The first kappa shape index (κ1) is 16.2. The van der Waals surface area contributed by atoms with E-state index in [0.717, 1.165) is 31.5 Å². The van der Waals surface area contributed by atoms with Gasteiger partial charge >= 0.3 is 6.03 Å². The van der Waals surface area contributed by atoms with Crippen LogP contribution in [0.15, 0.2) is 30.3 Å². The molecule has 1 saturated heterocycles. The molecule has 6 nitrogen and oxygen atoms in total. The molecule has 22 heavy (non-hydrogen) atoms. The number of likely N-dealkylation sites (tertiary alicyclic amines) is 1. The van der Waals surface area contributed by atoms with Crippen molar-refractivity contribution in [2.75, 3.05) is 19.6 Å². The van der Waals surface area contributed by atoms with Crippen molar-refractivity contribution >= 4 is 17.7 Å². The number of Topliss-reactive ketones (excluding diaryl/α,β-unsaturated/α-hetero) is 1. The average Bonchev–Trinajstić information content (AvgIpc) is 2.53. The molecule has 1 aromatic rings.